The summed E-state index contributed by atoms with van der Waals surface area (Å²) in [6.07, 6.45) is 63.0. The van der Waals surface area contributed by atoms with E-state index in [0.29, 0.717) is 27.1 Å². The van der Waals surface area contributed by atoms with Gasteiger partial charge in [-0.15, -0.1) is 0 Å². The minimum Gasteiger partial charge on any atom is -0.0651 e. The average molecular weight is 1390 g/mol. The van der Waals surface area contributed by atoms with Crippen molar-refractivity contribution < 1.29 is 0 Å². The highest BCUT2D eigenvalue weighted by molar-refractivity contribution is 4.97. The van der Waals surface area contributed by atoms with Gasteiger partial charge in [0.25, 0.3) is 0 Å². The number of rotatable bonds is 9. The molecule has 11 aliphatic rings. The molecular formula is C99H200. The summed E-state index contributed by atoms with van der Waals surface area (Å²) in [5, 5.41) is 0. The molecular weight excluding hydrogens is 1190 g/mol. The van der Waals surface area contributed by atoms with Gasteiger partial charge in [-0.1, -0.05) is 414 Å². The van der Waals surface area contributed by atoms with E-state index < -0.39 is 0 Å². The van der Waals surface area contributed by atoms with Gasteiger partial charge in [0.2, 0.25) is 0 Å². The van der Waals surface area contributed by atoms with Crippen LogP contribution in [0.25, 0.3) is 0 Å². The number of hydrogen-bond acceptors (Lipinski definition) is 0. The van der Waals surface area contributed by atoms with Gasteiger partial charge in [-0.2, -0.15) is 0 Å². The van der Waals surface area contributed by atoms with Crippen LogP contribution in [0.1, 0.15) is 498 Å². The van der Waals surface area contributed by atoms with Crippen molar-refractivity contribution in [3.63, 3.8) is 0 Å². The lowest BCUT2D eigenvalue weighted by Crippen LogP contribution is -2.38. The van der Waals surface area contributed by atoms with Gasteiger partial charge in [0, 0.05) is 0 Å². The van der Waals surface area contributed by atoms with E-state index in [9.17, 15) is 0 Å². The van der Waals surface area contributed by atoms with E-state index in [1.807, 2.05) is 0 Å². The Morgan fingerprint density at radius 3 is 0.970 bits per heavy atom. The minimum atomic E-state index is 0.571. The van der Waals surface area contributed by atoms with Crippen molar-refractivity contribution in [1.82, 2.24) is 0 Å². The van der Waals surface area contributed by atoms with Crippen LogP contribution in [0.15, 0.2) is 0 Å². The van der Waals surface area contributed by atoms with Crippen LogP contribution in [-0.4, -0.2) is 0 Å². The van der Waals surface area contributed by atoms with Crippen LogP contribution in [-0.2, 0) is 0 Å². The van der Waals surface area contributed by atoms with Crippen LogP contribution in [0.4, 0.5) is 0 Å². The van der Waals surface area contributed by atoms with Crippen molar-refractivity contribution in [1.29, 1.82) is 0 Å². The molecule has 0 spiro atoms. The van der Waals surface area contributed by atoms with Crippen LogP contribution >= 0.6 is 0 Å². The molecule has 0 aliphatic heterocycles. The molecule has 7 unspecified atom stereocenters. The van der Waals surface area contributed by atoms with E-state index in [1.54, 1.807) is 25.7 Å². The zero-order valence-corrected chi connectivity index (χ0v) is 75.8. The highest BCUT2D eigenvalue weighted by Gasteiger charge is 2.46. The fraction of sp³-hybridized carbons (Fsp3) is 1.00. The second-order valence-electron chi connectivity index (χ2n) is 42.4. The molecule has 11 rings (SSSR count). The van der Waals surface area contributed by atoms with Crippen molar-refractivity contribution in [3.8, 4) is 0 Å². The molecule has 0 aromatic heterocycles. The van der Waals surface area contributed by atoms with Crippen LogP contribution in [0.5, 0.6) is 0 Å². The van der Waals surface area contributed by atoms with Gasteiger partial charge in [-0.25, -0.2) is 0 Å². The summed E-state index contributed by atoms with van der Waals surface area (Å²) in [6.45, 7) is 75.2. The van der Waals surface area contributed by atoms with E-state index in [1.165, 1.54) is 250 Å². The monoisotopic (exact) mass is 1390 g/mol. The SMILES string of the molecule is CC(C)C(C)C(C)C.CC1(C)CCCCC1.CC1C(C)(C)CCCC1(C)C.CC1CCC(C)(C)CC1.CC1CCCC(C)C1C.CC1CCCC[C@H]1C.CCC(C)(C)CC.CCC(CC)CC.CCC1CCCC1.CCC1CCCCC1.C[C@H]1CC2CCC1(C)C2.C[C@H]1CC2CCC1C2. The second-order valence-corrected chi connectivity index (χ2v) is 42.4. The summed E-state index contributed by atoms with van der Waals surface area (Å²) >= 11 is 0. The number of hydrogen-bond donors (Lipinski definition) is 0. The summed E-state index contributed by atoms with van der Waals surface area (Å²) in [6, 6.07) is 0. The molecule has 0 heterocycles. The molecule has 0 aromatic carbocycles. The van der Waals surface area contributed by atoms with Crippen molar-refractivity contribution in [2.24, 2.45) is 139 Å². The quantitative estimate of drug-likeness (QED) is 0.216. The fourth-order valence-corrected chi connectivity index (χ4v) is 19.2. The Kier molecular flexibility index (Phi) is 52.1. The van der Waals surface area contributed by atoms with E-state index in [-0.39, 0.29) is 0 Å². The van der Waals surface area contributed by atoms with Crippen molar-refractivity contribution in [3.05, 3.63) is 0 Å². The molecule has 0 aromatic rings. The lowest BCUT2D eigenvalue weighted by molar-refractivity contribution is 0.0286. The number of fused-ring (bicyclic) bond motifs is 4. The van der Waals surface area contributed by atoms with Crippen LogP contribution in [0.2, 0.25) is 0 Å². The molecule has 0 N–H and O–H groups in total. The summed E-state index contributed by atoms with van der Waals surface area (Å²) in [5.41, 5.74) is 3.83. The molecule has 0 amide bonds. The Morgan fingerprint density at radius 2 is 0.758 bits per heavy atom. The maximum atomic E-state index is 2.48. The van der Waals surface area contributed by atoms with Crippen molar-refractivity contribution >= 4 is 0 Å². The molecule has 11 fully saturated rings. The van der Waals surface area contributed by atoms with Crippen molar-refractivity contribution in [2.75, 3.05) is 0 Å². The molecule has 0 heteroatoms. The highest BCUT2D eigenvalue weighted by Crippen LogP contribution is 2.57. The average Bonchev–Trinajstić information content (AvgIpc) is 1.62. The first-order valence-electron chi connectivity index (χ1n) is 46.1. The van der Waals surface area contributed by atoms with Crippen LogP contribution < -0.4 is 0 Å². The maximum absolute atomic E-state index is 2.48. The fourth-order valence-electron chi connectivity index (χ4n) is 19.2. The van der Waals surface area contributed by atoms with E-state index in [4.69, 9.17) is 0 Å². The summed E-state index contributed by atoms with van der Waals surface area (Å²) in [5.74, 6) is 18.0. The van der Waals surface area contributed by atoms with E-state index >= 15 is 0 Å². The lowest BCUT2D eigenvalue weighted by atomic mass is 9.58. The largest absolute Gasteiger partial charge is 0.0651 e. The molecule has 0 radical (unpaired) electrons. The van der Waals surface area contributed by atoms with E-state index in [2.05, 4.69) is 222 Å². The molecule has 99 heavy (non-hydrogen) atoms. The standard InChI is InChI=1S/C11H22.C9H16.2C9H18.C8H14.3C8H16.C8H18.C7H14.2C7H16/c1-9-10(2,3)7-6-8-11(9,4)5;1-7-5-8-3-4-9(7,2)6-8;1-8-4-6-9(2,3)7-5-8;1-7-5-4-6-8(2)9(7)3;1-6-4-7-2-3-8(6)5-7;1-8(2)6-4-3-5-7-8;1-7-5-3-4-6-8(7)2;1-2-8-6-4-3-5-7-8;1-6(2)8(5)7(3)4;1-2-7-5-3-4-6-7;1-5-7(3,4)6-2;1-4-7(5-2)6-3/h9H,6-8H2,1-5H3;7-8H,3-6H2,1-2H3;8H,4-7H2,1-3H3;7-9H,4-6H2,1-3H3;6-8H,2-5H2,1H3;3-7H2,1-2H3;7-8H,3-6H2,1-2H3;8H,2-7H2,1H3;6-8H,1-5H3;7H,2-6H2,1H3;5-6H2,1-4H3;7H,4-6H2,1-3H3/t;7-,8?,9?;;;6-,7?,8?;;7-,8?;;;;;/m.0..0.1...../s1. The molecule has 0 nitrogen and oxygen atoms in total. The summed E-state index contributed by atoms with van der Waals surface area (Å²) in [7, 11) is 0. The molecule has 4 bridgehead atoms. The minimum absolute atomic E-state index is 0.571. The Balaban J connectivity index is 0.00000106. The van der Waals surface area contributed by atoms with Gasteiger partial charge < -0.3 is 0 Å². The Morgan fingerprint density at radius 1 is 0.354 bits per heavy atom. The zero-order valence-electron chi connectivity index (χ0n) is 75.8. The molecule has 11 aliphatic carbocycles. The molecule has 0 saturated heterocycles. The van der Waals surface area contributed by atoms with Gasteiger partial charge >= 0.3 is 0 Å². The van der Waals surface area contributed by atoms with Gasteiger partial charge in [-0.3, -0.25) is 0 Å². The van der Waals surface area contributed by atoms with Gasteiger partial charge in [-0.05, 0) is 222 Å². The van der Waals surface area contributed by atoms with Gasteiger partial charge in [0.05, 0.1) is 0 Å². The first-order valence-corrected chi connectivity index (χ1v) is 46.1. The Hall–Kier alpha value is 0. The second kappa shape index (κ2) is 52.1. The normalized spacial score (nSPS) is 31.0. The molecule has 11 saturated carbocycles. The van der Waals surface area contributed by atoms with Crippen LogP contribution in [0.3, 0.4) is 0 Å². The molecule has 596 valence electrons. The van der Waals surface area contributed by atoms with Crippen LogP contribution in [0, 0.1) is 139 Å². The molecule has 10 atom stereocenters. The third-order valence-corrected chi connectivity index (χ3v) is 31.4. The lowest BCUT2D eigenvalue weighted by Gasteiger charge is -2.47. The smallest absolute Gasteiger partial charge is 0.0297 e. The Bertz CT molecular complexity index is 1750. The summed E-state index contributed by atoms with van der Waals surface area (Å²) < 4.78 is 0. The summed E-state index contributed by atoms with van der Waals surface area (Å²) in [4.78, 5) is 0. The maximum Gasteiger partial charge on any atom is -0.0297 e. The van der Waals surface area contributed by atoms with Gasteiger partial charge in [0.15, 0.2) is 0 Å². The van der Waals surface area contributed by atoms with Gasteiger partial charge in [0.1, 0.15) is 0 Å². The first-order chi connectivity index (χ1) is 46.1. The first kappa shape index (κ1) is 99.0. The van der Waals surface area contributed by atoms with Crippen molar-refractivity contribution in [2.45, 2.75) is 498 Å². The third-order valence-electron chi connectivity index (χ3n) is 31.4. The third kappa shape index (κ3) is 43.6. The zero-order chi connectivity index (χ0) is 75.8. The predicted octanol–water partition coefficient (Wildman–Crippen LogP) is 35.4. The Labute approximate surface area is 633 Å². The highest BCUT2D eigenvalue weighted by atomic mass is 14.5. The predicted molar refractivity (Wildman–Crippen MR) is 458 cm³/mol. The topological polar surface area (TPSA) is 0 Å². The van der Waals surface area contributed by atoms with E-state index in [0.717, 1.165) is 112 Å².